The highest BCUT2D eigenvalue weighted by atomic mass is 16.2. The molecule has 0 unspecified atom stereocenters. The Morgan fingerprint density at radius 1 is 0.960 bits per heavy atom. The summed E-state index contributed by atoms with van der Waals surface area (Å²) in [5.41, 5.74) is 2.93. The molecule has 1 saturated heterocycles. The summed E-state index contributed by atoms with van der Waals surface area (Å²) in [6.45, 7) is 2.46. The van der Waals surface area contributed by atoms with E-state index in [1.807, 2.05) is 54.6 Å². The average Bonchev–Trinajstić information content (AvgIpc) is 2.89. The number of imide groups is 1. The van der Waals surface area contributed by atoms with Gasteiger partial charge >= 0.3 is 0 Å². The molecule has 1 N–H and O–H groups in total. The molecule has 4 heteroatoms. The fraction of sp³-hybridized carbons (Fsp3) is 0.333. The molecule has 3 atom stereocenters. The van der Waals surface area contributed by atoms with Crippen LogP contribution in [0.25, 0.3) is 0 Å². The molecule has 4 nitrogen and oxygen atoms in total. The maximum atomic E-state index is 13.1. The van der Waals surface area contributed by atoms with Crippen molar-refractivity contribution < 1.29 is 9.59 Å². The van der Waals surface area contributed by atoms with E-state index in [0.29, 0.717) is 6.54 Å². The van der Waals surface area contributed by atoms with Gasteiger partial charge in [-0.05, 0) is 23.6 Å². The molecule has 4 rings (SSSR count). The van der Waals surface area contributed by atoms with E-state index in [4.69, 9.17) is 0 Å². The molecular weight excluding hydrogens is 312 g/mol. The Balaban J connectivity index is 1.72. The first-order valence-electron chi connectivity index (χ1n) is 8.95. The van der Waals surface area contributed by atoms with E-state index in [2.05, 4.69) is 12.2 Å². The summed E-state index contributed by atoms with van der Waals surface area (Å²) in [5.74, 6) is -0.760. The molecule has 2 amide bonds. The van der Waals surface area contributed by atoms with Crippen molar-refractivity contribution in [1.82, 2.24) is 4.90 Å². The van der Waals surface area contributed by atoms with Crippen LogP contribution in [0.1, 0.15) is 36.8 Å². The molecule has 2 aliphatic rings. The van der Waals surface area contributed by atoms with Crippen LogP contribution < -0.4 is 5.32 Å². The van der Waals surface area contributed by atoms with Crippen molar-refractivity contribution in [1.29, 1.82) is 0 Å². The standard InChI is InChI=1S/C21H22N2O2/c1-2-8-17-19-18(15-11-6-7-12-16(15)22-17)20(24)23(21(19)25)13-14-9-4-3-5-10-14/h3-7,9-12,17-19,22H,2,8,13H2,1H3/t17-,18-,19+/m1/s1. The molecule has 2 aliphatic heterocycles. The summed E-state index contributed by atoms with van der Waals surface area (Å²) < 4.78 is 0. The highest BCUT2D eigenvalue weighted by Crippen LogP contribution is 2.45. The van der Waals surface area contributed by atoms with Crippen molar-refractivity contribution in [2.24, 2.45) is 5.92 Å². The molecule has 128 valence electrons. The predicted octanol–water partition coefficient (Wildman–Crippen LogP) is 3.55. The molecule has 0 radical (unpaired) electrons. The van der Waals surface area contributed by atoms with Crippen molar-refractivity contribution in [3.63, 3.8) is 0 Å². The number of amides is 2. The lowest BCUT2D eigenvalue weighted by Gasteiger charge is -2.34. The van der Waals surface area contributed by atoms with Gasteiger partial charge in [-0.1, -0.05) is 61.9 Å². The third-order valence-corrected chi connectivity index (χ3v) is 5.30. The third kappa shape index (κ3) is 2.62. The lowest BCUT2D eigenvalue weighted by Crippen LogP contribution is -2.40. The van der Waals surface area contributed by atoms with Gasteiger partial charge in [0.15, 0.2) is 0 Å². The third-order valence-electron chi connectivity index (χ3n) is 5.30. The molecule has 2 aromatic rings. The van der Waals surface area contributed by atoms with E-state index in [1.165, 1.54) is 4.90 Å². The number of hydrogen-bond donors (Lipinski definition) is 1. The molecule has 25 heavy (non-hydrogen) atoms. The fourth-order valence-electron chi connectivity index (χ4n) is 4.16. The molecule has 0 spiro atoms. The number of likely N-dealkylation sites (tertiary alicyclic amines) is 1. The number of fused-ring (bicyclic) bond motifs is 3. The van der Waals surface area contributed by atoms with Gasteiger partial charge < -0.3 is 5.32 Å². The second-order valence-electron chi connectivity index (χ2n) is 6.88. The summed E-state index contributed by atoms with van der Waals surface area (Å²) in [6, 6.07) is 17.6. The number of nitrogens with one attached hydrogen (secondary N) is 1. The van der Waals surface area contributed by atoms with Crippen LogP contribution in [-0.4, -0.2) is 22.8 Å². The Hall–Kier alpha value is -2.62. The number of hydrogen-bond acceptors (Lipinski definition) is 3. The SMILES string of the molecule is CCC[C@H]1Nc2ccccc2[C@H]2C(=O)N(Cc3ccccc3)C(=O)[C@H]21. The maximum absolute atomic E-state index is 13.1. The number of para-hydroxylation sites is 1. The normalized spacial score (nSPS) is 24.7. The minimum absolute atomic E-state index is 0.0159. The van der Waals surface area contributed by atoms with E-state index in [-0.39, 0.29) is 29.7 Å². The Labute approximate surface area is 147 Å². The van der Waals surface area contributed by atoms with E-state index < -0.39 is 0 Å². The first-order valence-corrected chi connectivity index (χ1v) is 8.95. The predicted molar refractivity (Wildman–Crippen MR) is 97.0 cm³/mol. The van der Waals surface area contributed by atoms with Crippen LogP contribution in [0, 0.1) is 5.92 Å². The highest BCUT2D eigenvalue weighted by Gasteiger charge is 2.53. The Kier molecular flexibility index (Phi) is 4.04. The van der Waals surface area contributed by atoms with Crippen LogP contribution in [0.15, 0.2) is 54.6 Å². The van der Waals surface area contributed by atoms with Crippen molar-refractivity contribution in [2.45, 2.75) is 38.3 Å². The van der Waals surface area contributed by atoms with Crippen LogP contribution in [0.3, 0.4) is 0 Å². The van der Waals surface area contributed by atoms with Gasteiger partial charge in [0.05, 0.1) is 18.4 Å². The van der Waals surface area contributed by atoms with Gasteiger partial charge in [0.2, 0.25) is 11.8 Å². The number of carbonyl (C=O) groups is 2. The van der Waals surface area contributed by atoms with Crippen LogP contribution in [0.2, 0.25) is 0 Å². The van der Waals surface area contributed by atoms with Crippen LogP contribution >= 0.6 is 0 Å². The first-order chi connectivity index (χ1) is 12.2. The van der Waals surface area contributed by atoms with Crippen LogP contribution in [0.5, 0.6) is 0 Å². The smallest absolute Gasteiger partial charge is 0.238 e. The molecule has 0 saturated carbocycles. The zero-order valence-electron chi connectivity index (χ0n) is 14.3. The van der Waals surface area contributed by atoms with E-state index in [9.17, 15) is 9.59 Å². The van der Waals surface area contributed by atoms with Gasteiger partial charge in [-0.15, -0.1) is 0 Å². The van der Waals surface area contributed by atoms with Crippen molar-refractivity contribution in [2.75, 3.05) is 5.32 Å². The minimum atomic E-state index is -0.356. The van der Waals surface area contributed by atoms with E-state index >= 15 is 0 Å². The molecule has 0 aromatic heterocycles. The molecule has 1 fully saturated rings. The number of benzene rings is 2. The molecule has 2 heterocycles. The second-order valence-corrected chi connectivity index (χ2v) is 6.88. The molecule has 0 aliphatic carbocycles. The van der Waals surface area contributed by atoms with Gasteiger partial charge in [-0.25, -0.2) is 0 Å². The maximum Gasteiger partial charge on any atom is 0.238 e. The summed E-state index contributed by atoms with van der Waals surface area (Å²) in [7, 11) is 0. The van der Waals surface area contributed by atoms with Crippen LogP contribution in [-0.2, 0) is 16.1 Å². The van der Waals surface area contributed by atoms with Crippen molar-refractivity contribution in [3.05, 3.63) is 65.7 Å². The van der Waals surface area contributed by atoms with Gasteiger partial charge in [-0.2, -0.15) is 0 Å². The first kappa shape index (κ1) is 15.9. The Bertz CT molecular complexity index is 803. The summed E-state index contributed by atoms with van der Waals surface area (Å²) in [6.07, 6.45) is 1.86. The molecular formula is C21H22N2O2. The number of anilines is 1. The molecule has 0 bridgehead atoms. The van der Waals surface area contributed by atoms with Crippen molar-refractivity contribution >= 4 is 17.5 Å². The van der Waals surface area contributed by atoms with Gasteiger partial charge in [0.25, 0.3) is 0 Å². The zero-order valence-corrected chi connectivity index (χ0v) is 14.3. The zero-order chi connectivity index (χ0) is 17.4. The largest absolute Gasteiger partial charge is 0.381 e. The van der Waals surface area contributed by atoms with E-state index in [1.54, 1.807) is 0 Å². The van der Waals surface area contributed by atoms with Gasteiger partial charge in [0, 0.05) is 11.7 Å². The summed E-state index contributed by atoms with van der Waals surface area (Å²) in [5, 5.41) is 3.50. The Morgan fingerprint density at radius 3 is 2.44 bits per heavy atom. The summed E-state index contributed by atoms with van der Waals surface area (Å²) >= 11 is 0. The highest BCUT2D eigenvalue weighted by molar-refractivity contribution is 6.09. The monoisotopic (exact) mass is 334 g/mol. The lowest BCUT2D eigenvalue weighted by molar-refractivity contribution is -0.140. The summed E-state index contributed by atoms with van der Waals surface area (Å²) in [4.78, 5) is 27.7. The van der Waals surface area contributed by atoms with E-state index in [0.717, 1.165) is 29.7 Å². The Morgan fingerprint density at radius 2 is 1.68 bits per heavy atom. The van der Waals surface area contributed by atoms with Gasteiger partial charge in [0.1, 0.15) is 0 Å². The van der Waals surface area contributed by atoms with Gasteiger partial charge in [-0.3, -0.25) is 14.5 Å². The quantitative estimate of drug-likeness (QED) is 0.870. The second kappa shape index (κ2) is 6.36. The number of carbonyl (C=O) groups excluding carboxylic acids is 2. The fourth-order valence-corrected chi connectivity index (χ4v) is 4.16. The molecule has 2 aromatic carbocycles. The topological polar surface area (TPSA) is 49.4 Å². The lowest BCUT2D eigenvalue weighted by atomic mass is 9.77. The number of rotatable bonds is 4. The van der Waals surface area contributed by atoms with Crippen LogP contribution in [0.4, 0.5) is 5.69 Å². The number of nitrogens with zero attached hydrogens (tertiary/aromatic N) is 1. The minimum Gasteiger partial charge on any atom is -0.381 e. The van der Waals surface area contributed by atoms with Crippen molar-refractivity contribution in [3.8, 4) is 0 Å². The average molecular weight is 334 g/mol.